The normalized spacial score (nSPS) is 17.1. The molecule has 1 aliphatic rings. The van der Waals surface area contributed by atoms with Gasteiger partial charge in [0.2, 0.25) is 0 Å². The summed E-state index contributed by atoms with van der Waals surface area (Å²) in [4.78, 5) is 2.56. The fourth-order valence-corrected chi connectivity index (χ4v) is 2.82. The van der Waals surface area contributed by atoms with Gasteiger partial charge in [-0.15, -0.1) is 12.4 Å². The van der Waals surface area contributed by atoms with Crippen molar-refractivity contribution in [1.82, 2.24) is 4.90 Å². The maximum absolute atomic E-state index is 5.97. The van der Waals surface area contributed by atoms with E-state index in [0.29, 0.717) is 6.04 Å². The van der Waals surface area contributed by atoms with Crippen LogP contribution in [0.15, 0.2) is 18.2 Å². The van der Waals surface area contributed by atoms with E-state index in [1.165, 1.54) is 18.4 Å². The van der Waals surface area contributed by atoms with Gasteiger partial charge in [-0.2, -0.15) is 0 Å². The third-order valence-electron chi connectivity index (χ3n) is 3.69. The summed E-state index contributed by atoms with van der Waals surface area (Å²) in [5.41, 5.74) is 1.27. The van der Waals surface area contributed by atoms with Crippen molar-refractivity contribution in [2.45, 2.75) is 39.2 Å². The molecule has 0 aliphatic carbocycles. The van der Waals surface area contributed by atoms with E-state index in [-0.39, 0.29) is 12.4 Å². The van der Waals surface area contributed by atoms with Crippen LogP contribution in [0.2, 0.25) is 0 Å². The average molecular weight is 300 g/mol. The molecule has 0 spiro atoms. The Bertz CT molecular complexity index is 405. The summed E-state index contributed by atoms with van der Waals surface area (Å²) >= 11 is 0. The van der Waals surface area contributed by atoms with Gasteiger partial charge in [-0.25, -0.2) is 0 Å². The molecule has 0 aromatic heterocycles. The summed E-state index contributed by atoms with van der Waals surface area (Å²) in [6.07, 6.45) is 3.45. The third kappa shape index (κ3) is 3.80. The Morgan fingerprint density at radius 3 is 2.55 bits per heavy atom. The number of hydrogen-bond acceptors (Lipinski definition) is 3. The van der Waals surface area contributed by atoms with Gasteiger partial charge in [-0.1, -0.05) is 26.0 Å². The first-order chi connectivity index (χ1) is 9.30. The molecule has 1 aliphatic heterocycles. The highest BCUT2D eigenvalue weighted by Gasteiger charge is 2.26. The number of para-hydroxylation sites is 1. The highest BCUT2D eigenvalue weighted by atomic mass is 35.5. The van der Waals surface area contributed by atoms with Crippen molar-refractivity contribution in [3.63, 3.8) is 0 Å². The summed E-state index contributed by atoms with van der Waals surface area (Å²) in [5, 5.41) is 0. The summed E-state index contributed by atoms with van der Waals surface area (Å²) < 4.78 is 11.3. The van der Waals surface area contributed by atoms with E-state index in [4.69, 9.17) is 9.47 Å². The van der Waals surface area contributed by atoms with Gasteiger partial charge in [0.15, 0.2) is 11.5 Å². The molecular weight excluding hydrogens is 274 g/mol. The van der Waals surface area contributed by atoms with Crippen LogP contribution in [0, 0.1) is 0 Å². The van der Waals surface area contributed by atoms with E-state index in [9.17, 15) is 0 Å². The van der Waals surface area contributed by atoms with Crippen LogP contribution in [0.4, 0.5) is 0 Å². The Morgan fingerprint density at radius 1 is 1.25 bits per heavy atom. The van der Waals surface area contributed by atoms with Gasteiger partial charge >= 0.3 is 0 Å². The fourth-order valence-electron chi connectivity index (χ4n) is 2.82. The van der Waals surface area contributed by atoms with Crippen LogP contribution >= 0.6 is 12.4 Å². The standard InChI is InChI=1S/C16H25NO2.ClH/c1-4-9-17(10-5-2)14-11-13-7-6-8-15(18-3)16(13)19-12-14;/h6-8,14H,4-5,9-12H2,1-3H3;1H. The van der Waals surface area contributed by atoms with Crippen LogP contribution in [-0.4, -0.2) is 37.7 Å². The van der Waals surface area contributed by atoms with Crippen molar-refractivity contribution in [2.75, 3.05) is 26.8 Å². The number of hydrogen-bond donors (Lipinski definition) is 0. The van der Waals surface area contributed by atoms with Crippen LogP contribution in [0.1, 0.15) is 32.3 Å². The molecule has 1 atom stereocenters. The summed E-state index contributed by atoms with van der Waals surface area (Å²) in [5.74, 6) is 1.79. The van der Waals surface area contributed by atoms with Crippen molar-refractivity contribution in [2.24, 2.45) is 0 Å². The highest BCUT2D eigenvalue weighted by molar-refractivity contribution is 5.85. The lowest BCUT2D eigenvalue weighted by atomic mass is 10.0. The van der Waals surface area contributed by atoms with Crippen LogP contribution < -0.4 is 9.47 Å². The lowest BCUT2D eigenvalue weighted by molar-refractivity contribution is 0.116. The van der Waals surface area contributed by atoms with Crippen molar-refractivity contribution in [3.8, 4) is 11.5 Å². The predicted octanol–water partition coefficient (Wildman–Crippen LogP) is 3.54. The molecule has 0 saturated heterocycles. The van der Waals surface area contributed by atoms with E-state index < -0.39 is 0 Å². The minimum absolute atomic E-state index is 0. The molecule has 114 valence electrons. The van der Waals surface area contributed by atoms with Crippen LogP contribution in [0.5, 0.6) is 11.5 Å². The maximum Gasteiger partial charge on any atom is 0.164 e. The molecule has 1 aromatic carbocycles. The molecule has 0 amide bonds. The summed E-state index contributed by atoms with van der Waals surface area (Å²) in [6.45, 7) is 7.56. The smallest absolute Gasteiger partial charge is 0.164 e. The molecule has 1 heterocycles. The van der Waals surface area contributed by atoms with E-state index in [2.05, 4.69) is 24.8 Å². The van der Waals surface area contributed by atoms with Crippen LogP contribution in [0.25, 0.3) is 0 Å². The molecule has 2 rings (SSSR count). The second-order valence-corrected chi connectivity index (χ2v) is 5.15. The number of ether oxygens (including phenoxy) is 2. The maximum atomic E-state index is 5.97. The monoisotopic (exact) mass is 299 g/mol. The van der Waals surface area contributed by atoms with Gasteiger partial charge in [0, 0.05) is 6.04 Å². The fraction of sp³-hybridized carbons (Fsp3) is 0.625. The van der Waals surface area contributed by atoms with Gasteiger partial charge in [0.25, 0.3) is 0 Å². The zero-order chi connectivity index (χ0) is 13.7. The minimum Gasteiger partial charge on any atom is -0.493 e. The second kappa shape index (κ2) is 8.38. The molecule has 20 heavy (non-hydrogen) atoms. The number of benzene rings is 1. The first-order valence-electron chi connectivity index (χ1n) is 7.32. The van der Waals surface area contributed by atoms with Crippen molar-refractivity contribution < 1.29 is 9.47 Å². The van der Waals surface area contributed by atoms with Gasteiger partial charge in [0.1, 0.15) is 6.61 Å². The molecule has 1 aromatic rings. The Labute approximate surface area is 128 Å². The second-order valence-electron chi connectivity index (χ2n) is 5.15. The van der Waals surface area contributed by atoms with Gasteiger partial charge in [0.05, 0.1) is 7.11 Å². The Hall–Kier alpha value is -0.930. The number of methoxy groups -OCH3 is 1. The molecule has 0 N–H and O–H groups in total. The Balaban J connectivity index is 0.00000200. The Morgan fingerprint density at radius 2 is 1.95 bits per heavy atom. The largest absolute Gasteiger partial charge is 0.493 e. The quantitative estimate of drug-likeness (QED) is 0.802. The SMILES string of the molecule is CCCN(CCC)C1COc2c(cccc2OC)C1.Cl. The lowest BCUT2D eigenvalue weighted by Crippen LogP contribution is -2.44. The number of halogens is 1. The zero-order valence-electron chi connectivity index (χ0n) is 12.7. The van der Waals surface area contributed by atoms with Gasteiger partial charge in [-0.05, 0) is 44.0 Å². The average Bonchev–Trinajstić information content (AvgIpc) is 2.45. The topological polar surface area (TPSA) is 21.7 Å². The van der Waals surface area contributed by atoms with Crippen molar-refractivity contribution in [1.29, 1.82) is 0 Å². The molecule has 0 fully saturated rings. The van der Waals surface area contributed by atoms with Crippen LogP contribution in [0.3, 0.4) is 0 Å². The van der Waals surface area contributed by atoms with E-state index in [1.54, 1.807) is 7.11 Å². The summed E-state index contributed by atoms with van der Waals surface area (Å²) in [6, 6.07) is 6.67. The number of fused-ring (bicyclic) bond motifs is 1. The molecular formula is C16H26ClNO2. The molecule has 1 unspecified atom stereocenters. The highest BCUT2D eigenvalue weighted by Crippen LogP contribution is 2.35. The Kier molecular flexibility index (Phi) is 7.17. The number of nitrogens with zero attached hydrogens (tertiary/aromatic N) is 1. The molecule has 0 bridgehead atoms. The van der Waals surface area contributed by atoms with Crippen molar-refractivity contribution in [3.05, 3.63) is 23.8 Å². The predicted molar refractivity (Wildman–Crippen MR) is 85.4 cm³/mol. The van der Waals surface area contributed by atoms with Gasteiger partial charge < -0.3 is 9.47 Å². The van der Waals surface area contributed by atoms with E-state index in [0.717, 1.165) is 37.6 Å². The number of rotatable bonds is 6. The summed E-state index contributed by atoms with van der Waals surface area (Å²) in [7, 11) is 1.70. The first kappa shape index (κ1) is 17.1. The van der Waals surface area contributed by atoms with E-state index in [1.807, 2.05) is 12.1 Å². The van der Waals surface area contributed by atoms with Crippen LogP contribution in [-0.2, 0) is 6.42 Å². The third-order valence-corrected chi connectivity index (χ3v) is 3.69. The molecule has 0 saturated carbocycles. The van der Waals surface area contributed by atoms with Crippen molar-refractivity contribution >= 4 is 12.4 Å². The van der Waals surface area contributed by atoms with E-state index >= 15 is 0 Å². The molecule has 3 nitrogen and oxygen atoms in total. The molecule has 4 heteroatoms. The minimum atomic E-state index is 0. The lowest BCUT2D eigenvalue weighted by Gasteiger charge is -2.35. The first-order valence-corrected chi connectivity index (χ1v) is 7.32. The van der Waals surface area contributed by atoms with Gasteiger partial charge in [-0.3, -0.25) is 4.90 Å². The molecule has 0 radical (unpaired) electrons. The zero-order valence-corrected chi connectivity index (χ0v) is 13.5.